The molecule has 0 N–H and O–H groups in total. The summed E-state index contributed by atoms with van der Waals surface area (Å²) in [5.41, 5.74) is 7.54. The van der Waals surface area contributed by atoms with E-state index in [1.165, 1.54) is 0 Å². The van der Waals surface area contributed by atoms with Crippen LogP contribution >= 0.6 is 0 Å². The molecule has 3 heteroatoms. The van der Waals surface area contributed by atoms with Gasteiger partial charge in [0.05, 0.1) is 0 Å². The fraction of sp³-hybridized carbons (Fsp3) is 0.300. The molecule has 120 valence electrons. The first-order chi connectivity index (χ1) is 10.7. The molecule has 0 amide bonds. The normalized spacial score (nSPS) is 10.7. The molecule has 0 spiro atoms. The van der Waals surface area contributed by atoms with Gasteiger partial charge in [0.2, 0.25) is 0 Å². The first-order valence-corrected chi connectivity index (χ1v) is 9.34. The molecule has 0 bridgehead atoms. The standard InChI is InChI=1S/C20H22O2Se/c1-11-7-13(3)17(14(4)8-11)19(21)23-20(22)18-15(5)9-12(2)10-16(18)6/h7-10H,1-6H3. The first kappa shape index (κ1) is 17.7. The molecule has 2 aromatic rings. The van der Waals surface area contributed by atoms with Gasteiger partial charge in [-0.2, -0.15) is 0 Å². The number of rotatable bonds is 4. The number of carbonyl (C=O) groups excluding carboxylic acids is 2. The van der Waals surface area contributed by atoms with E-state index in [0.717, 1.165) is 33.4 Å². The summed E-state index contributed by atoms with van der Waals surface area (Å²) >= 11 is -0.727. The van der Waals surface area contributed by atoms with Crippen molar-refractivity contribution in [2.75, 3.05) is 0 Å². The molecular weight excluding hydrogens is 351 g/mol. The van der Waals surface area contributed by atoms with E-state index in [2.05, 4.69) is 0 Å². The molecule has 0 aliphatic rings. The van der Waals surface area contributed by atoms with Gasteiger partial charge in [-0.3, -0.25) is 0 Å². The molecular formula is C20H22O2Se. The minimum absolute atomic E-state index is 0.0307. The Morgan fingerprint density at radius 2 is 0.870 bits per heavy atom. The van der Waals surface area contributed by atoms with E-state index in [1.807, 2.05) is 65.8 Å². The van der Waals surface area contributed by atoms with Crippen LogP contribution in [0.25, 0.3) is 0 Å². The van der Waals surface area contributed by atoms with Gasteiger partial charge in [0.1, 0.15) is 0 Å². The van der Waals surface area contributed by atoms with Crippen LogP contribution in [0.5, 0.6) is 0 Å². The van der Waals surface area contributed by atoms with E-state index < -0.39 is 15.0 Å². The number of hydrogen-bond donors (Lipinski definition) is 0. The van der Waals surface area contributed by atoms with Crippen LogP contribution in [0, 0.1) is 41.5 Å². The van der Waals surface area contributed by atoms with Gasteiger partial charge >= 0.3 is 144 Å². The zero-order valence-corrected chi connectivity index (χ0v) is 16.2. The second kappa shape index (κ2) is 6.82. The van der Waals surface area contributed by atoms with E-state index in [0.29, 0.717) is 11.1 Å². The van der Waals surface area contributed by atoms with Crippen molar-refractivity contribution in [3.05, 3.63) is 68.8 Å². The third-order valence-corrected chi connectivity index (χ3v) is 5.58. The maximum atomic E-state index is 12.7. The van der Waals surface area contributed by atoms with Crippen LogP contribution < -0.4 is 0 Å². The van der Waals surface area contributed by atoms with Gasteiger partial charge in [0, 0.05) is 0 Å². The number of benzene rings is 2. The molecule has 0 fully saturated rings. The van der Waals surface area contributed by atoms with Gasteiger partial charge in [-0.25, -0.2) is 0 Å². The summed E-state index contributed by atoms with van der Waals surface area (Å²) in [5.74, 6) is 0. The van der Waals surface area contributed by atoms with Gasteiger partial charge in [-0.15, -0.1) is 0 Å². The summed E-state index contributed by atoms with van der Waals surface area (Å²) in [7, 11) is 0. The molecule has 0 saturated heterocycles. The molecule has 0 saturated carbocycles. The SMILES string of the molecule is Cc1cc(C)c(C(=O)[Se]C(=O)c2c(C)cc(C)cc2C)c(C)c1. The Morgan fingerprint density at radius 3 is 1.13 bits per heavy atom. The topological polar surface area (TPSA) is 34.1 Å². The summed E-state index contributed by atoms with van der Waals surface area (Å²) in [6.07, 6.45) is 0. The van der Waals surface area contributed by atoms with E-state index in [1.54, 1.807) is 0 Å². The summed E-state index contributed by atoms with van der Waals surface area (Å²) in [4.78, 5) is 25.4. The van der Waals surface area contributed by atoms with Crippen molar-refractivity contribution in [3.8, 4) is 0 Å². The average Bonchev–Trinajstić information content (AvgIpc) is 2.35. The van der Waals surface area contributed by atoms with E-state index in [-0.39, 0.29) is 9.36 Å². The summed E-state index contributed by atoms with van der Waals surface area (Å²) < 4.78 is -0.0613. The fourth-order valence-electron chi connectivity index (χ4n) is 3.19. The Hall–Kier alpha value is -1.70. The predicted molar refractivity (Wildman–Crippen MR) is 95.7 cm³/mol. The maximum absolute atomic E-state index is 12.7. The van der Waals surface area contributed by atoms with Gasteiger partial charge in [0.15, 0.2) is 0 Å². The third kappa shape index (κ3) is 3.80. The second-order valence-electron chi connectivity index (χ2n) is 6.22. The van der Waals surface area contributed by atoms with Crippen LogP contribution in [0.2, 0.25) is 0 Å². The zero-order valence-electron chi connectivity index (χ0n) is 14.5. The Kier molecular flexibility index (Phi) is 5.23. The van der Waals surface area contributed by atoms with Crippen molar-refractivity contribution in [3.63, 3.8) is 0 Å². The molecule has 0 aromatic heterocycles. The third-order valence-electron chi connectivity index (χ3n) is 3.95. The van der Waals surface area contributed by atoms with Crippen LogP contribution in [0.3, 0.4) is 0 Å². The van der Waals surface area contributed by atoms with E-state index in [4.69, 9.17) is 0 Å². The van der Waals surface area contributed by atoms with Crippen LogP contribution in [0.4, 0.5) is 0 Å². The van der Waals surface area contributed by atoms with Gasteiger partial charge in [0.25, 0.3) is 0 Å². The van der Waals surface area contributed by atoms with Crippen molar-refractivity contribution in [2.45, 2.75) is 41.5 Å². The van der Waals surface area contributed by atoms with E-state index in [9.17, 15) is 9.59 Å². The zero-order chi connectivity index (χ0) is 17.3. The molecule has 0 heterocycles. The summed E-state index contributed by atoms with van der Waals surface area (Å²) in [6, 6.07) is 8.01. The molecule has 0 unspecified atom stereocenters. The molecule has 2 nitrogen and oxygen atoms in total. The van der Waals surface area contributed by atoms with Crippen LogP contribution in [-0.2, 0) is 0 Å². The monoisotopic (exact) mass is 374 g/mol. The Morgan fingerprint density at radius 1 is 0.609 bits per heavy atom. The molecule has 23 heavy (non-hydrogen) atoms. The number of carbonyl (C=O) groups is 2. The fourth-order valence-corrected chi connectivity index (χ4v) is 5.32. The minimum atomic E-state index is -0.727. The number of hydrogen-bond acceptors (Lipinski definition) is 2. The van der Waals surface area contributed by atoms with Crippen molar-refractivity contribution >= 4 is 24.3 Å². The van der Waals surface area contributed by atoms with E-state index >= 15 is 0 Å². The van der Waals surface area contributed by atoms with Crippen molar-refractivity contribution in [1.29, 1.82) is 0 Å². The molecule has 0 radical (unpaired) electrons. The van der Waals surface area contributed by atoms with Gasteiger partial charge in [-0.1, -0.05) is 0 Å². The van der Waals surface area contributed by atoms with Crippen LogP contribution in [-0.4, -0.2) is 24.3 Å². The summed E-state index contributed by atoms with van der Waals surface area (Å²) in [5, 5.41) is 0. The van der Waals surface area contributed by atoms with Crippen molar-refractivity contribution < 1.29 is 9.59 Å². The second-order valence-corrected chi connectivity index (χ2v) is 8.21. The number of aryl methyl sites for hydroxylation is 6. The van der Waals surface area contributed by atoms with Gasteiger partial charge < -0.3 is 0 Å². The molecule has 0 aliphatic heterocycles. The van der Waals surface area contributed by atoms with Crippen LogP contribution in [0.15, 0.2) is 24.3 Å². The van der Waals surface area contributed by atoms with Crippen molar-refractivity contribution in [2.24, 2.45) is 0 Å². The predicted octanol–water partition coefficient (Wildman–Crippen LogP) is 4.22. The quantitative estimate of drug-likeness (QED) is 0.752. The first-order valence-electron chi connectivity index (χ1n) is 7.63. The molecule has 2 rings (SSSR count). The van der Waals surface area contributed by atoms with Gasteiger partial charge in [-0.05, 0) is 0 Å². The Bertz CT molecular complexity index is 690. The molecule has 0 aliphatic carbocycles. The van der Waals surface area contributed by atoms with Crippen LogP contribution in [0.1, 0.15) is 54.1 Å². The molecule has 2 aromatic carbocycles. The average molecular weight is 373 g/mol. The summed E-state index contributed by atoms with van der Waals surface area (Å²) in [6.45, 7) is 11.8. The molecule has 0 atom stereocenters. The van der Waals surface area contributed by atoms with Crippen molar-refractivity contribution in [1.82, 2.24) is 0 Å². The Labute approximate surface area is 144 Å². The Balaban J connectivity index is 2.33.